The minimum Gasteiger partial charge on any atom is -0.396 e. The molecule has 4 nitrogen and oxygen atoms in total. The first-order valence-electron chi connectivity index (χ1n) is 6.67. The van der Waals surface area contributed by atoms with E-state index in [0.717, 1.165) is 11.1 Å². The summed E-state index contributed by atoms with van der Waals surface area (Å²) in [6.45, 7) is 0.396. The molecule has 0 aliphatic rings. The standard InChI is InChI=1S/C16H17ClN2O2/c17-14-7-3-1-6-13(14)11-18-16(21)19-15-8-4-2-5-12(15)9-10-20/h1-8,20H,9-11H2,(H2,18,19,21). The van der Waals surface area contributed by atoms with Crippen LogP contribution in [0.2, 0.25) is 5.02 Å². The summed E-state index contributed by atoms with van der Waals surface area (Å²) >= 11 is 6.03. The maximum Gasteiger partial charge on any atom is 0.319 e. The summed E-state index contributed by atoms with van der Waals surface area (Å²) in [7, 11) is 0. The second-order valence-electron chi connectivity index (χ2n) is 4.53. The summed E-state index contributed by atoms with van der Waals surface area (Å²) in [4.78, 5) is 11.9. The molecule has 2 amide bonds. The van der Waals surface area contributed by atoms with E-state index in [-0.39, 0.29) is 12.6 Å². The van der Waals surface area contributed by atoms with Gasteiger partial charge in [0.1, 0.15) is 0 Å². The topological polar surface area (TPSA) is 61.4 Å². The molecule has 0 bridgehead atoms. The Labute approximate surface area is 128 Å². The van der Waals surface area contributed by atoms with E-state index in [4.69, 9.17) is 16.7 Å². The first kappa shape index (κ1) is 15.4. The van der Waals surface area contributed by atoms with Crippen LogP contribution in [0.15, 0.2) is 48.5 Å². The normalized spacial score (nSPS) is 10.2. The number of carbonyl (C=O) groups is 1. The number of carbonyl (C=O) groups excluding carboxylic acids is 1. The molecule has 0 fully saturated rings. The van der Waals surface area contributed by atoms with Crippen LogP contribution >= 0.6 is 11.6 Å². The lowest BCUT2D eigenvalue weighted by Crippen LogP contribution is -2.28. The minimum absolute atomic E-state index is 0.0416. The predicted molar refractivity (Wildman–Crippen MR) is 84.5 cm³/mol. The largest absolute Gasteiger partial charge is 0.396 e. The molecule has 0 aliphatic heterocycles. The highest BCUT2D eigenvalue weighted by Crippen LogP contribution is 2.16. The Kier molecular flexibility index (Phi) is 5.60. The molecule has 0 spiro atoms. The number of hydrogen-bond donors (Lipinski definition) is 3. The predicted octanol–water partition coefficient (Wildman–Crippen LogP) is 3.20. The summed E-state index contributed by atoms with van der Waals surface area (Å²) in [5.74, 6) is 0. The molecule has 0 unspecified atom stereocenters. The number of para-hydroxylation sites is 1. The van der Waals surface area contributed by atoms with Crippen molar-refractivity contribution >= 4 is 23.3 Å². The van der Waals surface area contributed by atoms with Crippen LogP contribution in [-0.2, 0) is 13.0 Å². The molecule has 2 aromatic rings. The molecule has 0 aromatic heterocycles. The molecule has 21 heavy (non-hydrogen) atoms. The third-order valence-electron chi connectivity index (χ3n) is 3.04. The third kappa shape index (κ3) is 4.48. The van der Waals surface area contributed by atoms with Crippen molar-refractivity contribution in [2.75, 3.05) is 11.9 Å². The van der Waals surface area contributed by atoms with E-state index in [0.29, 0.717) is 23.7 Å². The molecular weight excluding hydrogens is 288 g/mol. The Morgan fingerprint density at radius 3 is 2.43 bits per heavy atom. The molecule has 0 aliphatic carbocycles. The van der Waals surface area contributed by atoms with Crippen molar-refractivity contribution in [3.05, 3.63) is 64.7 Å². The molecule has 2 rings (SSSR count). The third-order valence-corrected chi connectivity index (χ3v) is 3.41. The van der Waals surface area contributed by atoms with Crippen molar-refractivity contribution in [3.63, 3.8) is 0 Å². The molecule has 2 aromatic carbocycles. The lowest BCUT2D eigenvalue weighted by Gasteiger charge is -2.11. The number of anilines is 1. The fourth-order valence-electron chi connectivity index (χ4n) is 1.96. The zero-order valence-corrected chi connectivity index (χ0v) is 12.2. The van der Waals surface area contributed by atoms with Crippen molar-refractivity contribution in [2.24, 2.45) is 0 Å². The number of hydrogen-bond acceptors (Lipinski definition) is 2. The van der Waals surface area contributed by atoms with Gasteiger partial charge in [-0.15, -0.1) is 0 Å². The number of nitrogens with one attached hydrogen (secondary N) is 2. The maximum absolute atomic E-state index is 11.9. The average molecular weight is 305 g/mol. The van der Waals surface area contributed by atoms with Gasteiger partial charge in [-0.2, -0.15) is 0 Å². The van der Waals surface area contributed by atoms with Gasteiger partial charge in [0.15, 0.2) is 0 Å². The molecule has 0 atom stereocenters. The summed E-state index contributed by atoms with van der Waals surface area (Å²) in [5, 5.41) is 15.2. The van der Waals surface area contributed by atoms with Gasteiger partial charge in [0.05, 0.1) is 0 Å². The van der Waals surface area contributed by atoms with Crippen LogP contribution in [0.25, 0.3) is 0 Å². The maximum atomic E-state index is 11.9. The van der Waals surface area contributed by atoms with Crippen molar-refractivity contribution in [1.82, 2.24) is 5.32 Å². The molecule has 110 valence electrons. The van der Waals surface area contributed by atoms with Gasteiger partial charge in [0, 0.05) is 23.9 Å². The van der Waals surface area contributed by atoms with E-state index < -0.39 is 0 Å². The van der Waals surface area contributed by atoms with Crippen LogP contribution in [0, 0.1) is 0 Å². The van der Waals surface area contributed by atoms with Gasteiger partial charge in [-0.1, -0.05) is 48.0 Å². The number of benzene rings is 2. The Hall–Kier alpha value is -2.04. The Bertz CT molecular complexity index is 617. The van der Waals surface area contributed by atoms with Gasteiger partial charge in [-0.25, -0.2) is 4.79 Å². The van der Waals surface area contributed by atoms with Crippen molar-refractivity contribution < 1.29 is 9.90 Å². The zero-order chi connectivity index (χ0) is 15.1. The van der Waals surface area contributed by atoms with Crippen LogP contribution in [0.5, 0.6) is 0 Å². The van der Waals surface area contributed by atoms with Gasteiger partial charge >= 0.3 is 6.03 Å². The monoisotopic (exact) mass is 304 g/mol. The van der Waals surface area contributed by atoms with E-state index in [1.54, 1.807) is 12.1 Å². The second-order valence-corrected chi connectivity index (χ2v) is 4.94. The van der Waals surface area contributed by atoms with Crippen LogP contribution in [-0.4, -0.2) is 17.7 Å². The number of rotatable bonds is 5. The molecule has 0 radical (unpaired) electrons. The number of urea groups is 1. The average Bonchev–Trinajstić information content (AvgIpc) is 2.49. The van der Waals surface area contributed by atoms with Crippen molar-refractivity contribution in [2.45, 2.75) is 13.0 Å². The highest BCUT2D eigenvalue weighted by atomic mass is 35.5. The number of aliphatic hydroxyl groups excluding tert-OH is 1. The van der Waals surface area contributed by atoms with Gasteiger partial charge in [0.25, 0.3) is 0 Å². The summed E-state index contributed by atoms with van der Waals surface area (Å²) < 4.78 is 0. The van der Waals surface area contributed by atoms with Gasteiger partial charge in [-0.05, 0) is 29.7 Å². The quantitative estimate of drug-likeness (QED) is 0.794. The van der Waals surface area contributed by atoms with Crippen LogP contribution in [0.1, 0.15) is 11.1 Å². The molecule has 0 heterocycles. The molecule has 3 N–H and O–H groups in total. The van der Waals surface area contributed by atoms with Crippen molar-refractivity contribution in [3.8, 4) is 0 Å². The fourth-order valence-corrected chi connectivity index (χ4v) is 2.17. The Morgan fingerprint density at radius 2 is 1.71 bits per heavy atom. The van der Waals surface area contributed by atoms with Crippen LogP contribution in [0.4, 0.5) is 10.5 Å². The lowest BCUT2D eigenvalue weighted by molar-refractivity contribution is 0.251. The van der Waals surface area contributed by atoms with Gasteiger partial charge in [0.2, 0.25) is 0 Å². The summed E-state index contributed by atoms with van der Waals surface area (Å²) in [5.41, 5.74) is 2.45. The zero-order valence-electron chi connectivity index (χ0n) is 11.5. The minimum atomic E-state index is -0.305. The van der Waals surface area contributed by atoms with Crippen LogP contribution in [0.3, 0.4) is 0 Å². The van der Waals surface area contributed by atoms with Crippen LogP contribution < -0.4 is 10.6 Å². The number of halogens is 1. The van der Waals surface area contributed by atoms with E-state index in [1.165, 1.54) is 0 Å². The molecule has 5 heteroatoms. The highest BCUT2D eigenvalue weighted by Gasteiger charge is 2.06. The highest BCUT2D eigenvalue weighted by molar-refractivity contribution is 6.31. The van der Waals surface area contributed by atoms with E-state index in [2.05, 4.69) is 10.6 Å². The summed E-state index contributed by atoms with van der Waals surface area (Å²) in [6, 6.07) is 14.5. The van der Waals surface area contributed by atoms with E-state index in [1.807, 2.05) is 36.4 Å². The number of aliphatic hydroxyl groups is 1. The van der Waals surface area contributed by atoms with E-state index in [9.17, 15) is 4.79 Å². The lowest BCUT2D eigenvalue weighted by atomic mass is 10.1. The fraction of sp³-hybridized carbons (Fsp3) is 0.188. The molecule has 0 saturated carbocycles. The summed E-state index contributed by atoms with van der Waals surface area (Å²) in [6.07, 6.45) is 0.501. The van der Waals surface area contributed by atoms with Crippen molar-refractivity contribution in [1.29, 1.82) is 0 Å². The number of amides is 2. The smallest absolute Gasteiger partial charge is 0.319 e. The first-order valence-corrected chi connectivity index (χ1v) is 7.05. The first-order chi connectivity index (χ1) is 10.2. The Balaban J connectivity index is 1.95. The van der Waals surface area contributed by atoms with Gasteiger partial charge in [-0.3, -0.25) is 0 Å². The van der Waals surface area contributed by atoms with E-state index >= 15 is 0 Å². The second kappa shape index (κ2) is 7.67. The Morgan fingerprint density at radius 1 is 1.05 bits per heavy atom. The molecular formula is C16H17ClN2O2. The molecule has 0 saturated heterocycles. The SMILES string of the molecule is O=C(NCc1ccccc1Cl)Nc1ccccc1CCO. The van der Waals surface area contributed by atoms with Gasteiger partial charge < -0.3 is 15.7 Å².